The summed E-state index contributed by atoms with van der Waals surface area (Å²) in [7, 11) is 0. The SMILES string of the molecule is Cc1cc(C2CN(C(=O)CC(C)N)CCO2)ccc1F.Cl. The van der Waals surface area contributed by atoms with E-state index in [9.17, 15) is 9.18 Å². The molecule has 0 aliphatic carbocycles. The lowest BCUT2D eigenvalue weighted by atomic mass is 10.0. The molecule has 1 saturated heterocycles. The highest BCUT2D eigenvalue weighted by atomic mass is 35.5. The van der Waals surface area contributed by atoms with Crippen LogP contribution in [0.2, 0.25) is 0 Å². The van der Waals surface area contributed by atoms with Gasteiger partial charge >= 0.3 is 0 Å². The predicted molar refractivity (Wildman–Crippen MR) is 81.9 cm³/mol. The van der Waals surface area contributed by atoms with Crippen molar-refractivity contribution in [2.45, 2.75) is 32.4 Å². The molecule has 2 atom stereocenters. The van der Waals surface area contributed by atoms with E-state index in [4.69, 9.17) is 10.5 Å². The third kappa shape index (κ3) is 4.66. The highest BCUT2D eigenvalue weighted by Gasteiger charge is 2.25. The second-order valence-electron chi connectivity index (χ2n) is 5.39. The zero-order valence-electron chi connectivity index (χ0n) is 12.3. The van der Waals surface area contributed by atoms with Gasteiger partial charge in [-0.05, 0) is 31.0 Å². The molecule has 1 aliphatic heterocycles. The number of morpholine rings is 1. The van der Waals surface area contributed by atoms with E-state index in [1.165, 1.54) is 6.07 Å². The molecule has 1 aliphatic rings. The van der Waals surface area contributed by atoms with Crippen molar-refractivity contribution >= 4 is 18.3 Å². The summed E-state index contributed by atoms with van der Waals surface area (Å²) >= 11 is 0. The van der Waals surface area contributed by atoms with E-state index >= 15 is 0 Å². The fraction of sp³-hybridized carbons (Fsp3) is 0.533. The summed E-state index contributed by atoms with van der Waals surface area (Å²) in [6.07, 6.45) is 0.148. The molecular weight excluding hydrogens is 295 g/mol. The lowest BCUT2D eigenvalue weighted by molar-refractivity contribution is -0.139. The highest BCUT2D eigenvalue weighted by molar-refractivity contribution is 5.85. The van der Waals surface area contributed by atoms with Crippen LogP contribution in [-0.2, 0) is 9.53 Å². The lowest BCUT2D eigenvalue weighted by Crippen LogP contribution is -2.43. The van der Waals surface area contributed by atoms with Crippen LogP contribution in [0.3, 0.4) is 0 Å². The number of nitrogens with zero attached hydrogens (tertiary/aromatic N) is 1. The van der Waals surface area contributed by atoms with Gasteiger partial charge in [0, 0.05) is 19.0 Å². The number of ether oxygens (including phenoxy) is 1. The van der Waals surface area contributed by atoms with Gasteiger partial charge in [-0.3, -0.25) is 4.79 Å². The lowest BCUT2D eigenvalue weighted by Gasteiger charge is -2.33. The Hall–Kier alpha value is -1.17. The van der Waals surface area contributed by atoms with Crippen molar-refractivity contribution in [2.24, 2.45) is 5.73 Å². The first-order chi connectivity index (χ1) is 9.47. The average molecular weight is 317 g/mol. The van der Waals surface area contributed by atoms with Crippen molar-refractivity contribution in [1.82, 2.24) is 4.90 Å². The highest BCUT2D eigenvalue weighted by Crippen LogP contribution is 2.24. The van der Waals surface area contributed by atoms with Crippen LogP contribution in [0.4, 0.5) is 4.39 Å². The van der Waals surface area contributed by atoms with Crippen molar-refractivity contribution in [3.8, 4) is 0 Å². The number of carbonyl (C=O) groups is 1. The van der Waals surface area contributed by atoms with Gasteiger partial charge in [-0.1, -0.05) is 12.1 Å². The third-order valence-corrected chi connectivity index (χ3v) is 3.47. The summed E-state index contributed by atoms with van der Waals surface area (Å²) < 4.78 is 19.0. The number of rotatable bonds is 3. The Morgan fingerprint density at radius 1 is 1.57 bits per heavy atom. The van der Waals surface area contributed by atoms with Gasteiger partial charge in [0.25, 0.3) is 0 Å². The third-order valence-electron chi connectivity index (χ3n) is 3.47. The van der Waals surface area contributed by atoms with Crippen molar-refractivity contribution in [3.05, 3.63) is 35.1 Å². The molecular formula is C15H22ClFN2O2. The van der Waals surface area contributed by atoms with Gasteiger partial charge in [-0.2, -0.15) is 0 Å². The maximum absolute atomic E-state index is 13.3. The molecule has 2 rings (SSSR count). The number of hydrogen-bond acceptors (Lipinski definition) is 3. The van der Waals surface area contributed by atoms with Crippen molar-refractivity contribution in [1.29, 1.82) is 0 Å². The van der Waals surface area contributed by atoms with E-state index in [0.29, 0.717) is 31.7 Å². The minimum absolute atomic E-state index is 0. The Morgan fingerprint density at radius 2 is 2.29 bits per heavy atom. The molecule has 0 spiro atoms. The minimum atomic E-state index is -0.227. The van der Waals surface area contributed by atoms with Gasteiger partial charge in [0.2, 0.25) is 5.91 Å². The first-order valence-corrected chi connectivity index (χ1v) is 6.88. The Morgan fingerprint density at radius 3 is 2.90 bits per heavy atom. The molecule has 4 nitrogen and oxygen atoms in total. The second-order valence-corrected chi connectivity index (χ2v) is 5.39. The molecule has 1 heterocycles. The maximum Gasteiger partial charge on any atom is 0.224 e. The van der Waals surface area contributed by atoms with Crippen LogP contribution in [-0.4, -0.2) is 36.5 Å². The van der Waals surface area contributed by atoms with Crippen LogP contribution >= 0.6 is 12.4 Å². The average Bonchev–Trinajstić information content (AvgIpc) is 2.41. The molecule has 0 radical (unpaired) electrons. The van der Waals surface area contributed by atoms with Gasteiger partial charge in [0.1, 0.15) is 11.9 Å². The van der Waals surface area contributed by atoms with Gasteiger partial charge in [0.05, 0.1) is 13.2 Å². The molecule has 1 fully saturated rings. The van der Waals surface area contributed by atoms with E-state index in [2.05, 4.69) is 0 Å². The van der Waals surface area contributed by atoms with Gasteiger partial charge in [0.15, 0.2) is 0 Å². The zero-order valence-corrected chi connectivity index (χ0v) is 13.2. The van der Waals surface area contributed by atoms with Crippen LogP contribution in [0.1, 0.15) is 30.6 Å². The fourth-order valence-electron chi connectivity index (χ4n) is 2.35. The largest absolute Gasteiger partial charge is 0.370 e. The summed E-state index contributed by atoms with van der Waals surface area (Å²) in [5, 5.41) is 0. The summed E-state index contributed by atoms with van der Waals surface area (Å²) in [5.41, 5.74) is 7.15. The predicted octanol–water partition coefficient (Wildman–Crippen LogP) is 2.19. The summed E-state index contributed by atoms with van der Waals surface area (Å²) in [6, 6.07) is 4.79. The monoisotopic (exact) mass is 316 g/mol. The smallest absolute Gasteiger partial charge is 0.224 e. The zero-order chi connectivity index (χ0) is 14.7. The van der Waals surface area contributed by atoms with E-state index in [1.54, 1.807) is 24.0 Å². The number of hydrogen-bond donors (Lipinski definition) is 1. The Labute approximate surface area is 130 Å². The van der Waals surface area contributed by atoms with Crippen LogP contribution in [0.15, 0.2) is 18.2 Å². The van der Waals surface area contributed by atoms with E-state index in [-0.39, 0.29) is 36.3 Å². The van der Waals surface area contributed by atoms with Crippen molar-refractivity contribution in [3.63, 3.8) is 0 Å². The number of nitrogens with two attached hydrogens (primary N) is 1. The Kier molecular flexibility index (Phi) is 6.58. The van der Waals surface area contributed by atoms with Crippen LogP contribution in [0, 0.1) is 12.7 Å². The first kappa shape index (κ1) is 17.9. The molecule has 118 valence electrons. The van der Waals surface area contributed by atoms with Crippen LogP contribution in [0.25, 0.3) is 0 Å². The molecule has 2 unspecified atom stereocenters. The minimum Gasteiger partial charge on any atom is -0.370 e. The number of benzene rings is 1. The van der Waals surface area contributed by atoms with E-state index in [0.717, 1.165) is 5.56 Å². The normalized spacial score (nSPS) is 19.8. The maximum atomic E-state index is 13.3. The number of aryl methyl sites for hydroxylation is 1. The molecule has 2 N–H and O–H groups in total. The quantitative estimate of drug-likeness (QED) is 0.930. The number of carbonyl (C=O) groups excluding carboxylic acids is 1. The summed E-state index contributed by atoms with van der Waals surface area (Å²) in [5.74, 6) is -0.179. The van der Waals surface area contributed by atoms with Gasteiger partial charge < -0.3 is 15.4 Å². The van der Waals surface area contributed by atoms with E-state index in [1.807, 2.05) is 6.92 Å². The van der Waals surface area contributed by atoms with E-state index < -0.39 is 0 Å². The van der Waals surface area contributed by atoms with Gasteiger partial charge in [-0.15, -0.1) is 12.4 Å². The molecule has 0 aromatic heterocycles. The first-order valence-electron chi connectivity index (χ1n) is 6.88. The Balaban J connectivity index is 0.00000220. The molecule has 0 saturated carbocycles. The molecule has 1 aromatic rings. The summed E-state index contributed by atoms with van der Waals surface area (Å²) in [6.45, 7) is 5.12. The number of amides is 1. The molecule has 1 aromatic carbocycles. The molecule has 1 amide bonds. The molecule has 0 bridgehead atoms. The van der Waals surface area contributed by atoms with Crippen LogP contribution < -0.4 is 5.73 Å². The second kappa shape index (κ2) is 7.73. The standard InChI is InChI=1S/C15H21FN2O2.ClH/c1-10-7-12(3-4-13(10)16)14-9-18(5-6-20-14)15(19)8-11(2)17;/h3-4,7,11,14H,5-6,8-9,17H2,1-2H3;1H. The molecule has 6 heteroatoms. The topological polar surface area (TPSA) is 55.6 Å². The van der Waals surface area contributed by atoms with Crippen molar-refractivity contribution in [2.75, 3.05) is 19.7 Å². The molecule has 21 heavy (non-hydrogen) atoms. The Bertz CT molecular complexity index is 497. The fourth-order valence-corrected chi connectivity index (χ4v) is 2.35. The van der Waals surface area contributed by atoms with Gasteiger partial charge in [-0.25, -0.2) is 4.39 Å². The summed E-state index contributed by atoms with van der Waals surface area (Å²) in [4.78, 5) is 13.8. The van der Waals surface area contributed by atoms with Crippen LogP contribution in [0.5, 0.6) is 0 Å². The number of halogens is 2. The van der Waals surface area contributed by atoms with Crippen molar-refractivity contribution < 1.29 is 13.9 Å².